The van der Waals surface area contributed by atoms with Gasteiger partial charge in [0.15, 0.2) is 0 Å². The number of halogens is 1. The van der Waals surface area contributed by atoms with Crippen LogP contribution >= 0.6 is 0 Å². The molecule has 0 N–H and O–H groups in total. The molecule has 0 aromatic heterocycles. The Balaban J connectivity index is 0.000000360. The van der Waals surface area contributed by atoms with Crippen molar-refractivity contribution in [2.75, 3.05) is 13.6 Å². The summed E-state index contributed by atoms with van der Waals surface area (Å²) in [5.41, 5.74) is 0. The second kappa shape index (κ2) is 3.19. The smallest absolute Gasteiger partial charge is 0.142 e. The van der Waals surface area contributed by atoms with E-state index in [0.29, 0.717) is 0 Å². The predicted octanol–water partition coefficient (Wildman–Crippen LogP) is -2.50. The quantitative estimate of drug-likeness (QED) is 0.348. The van der Waals surface area contributed by atoms with Gasteiger partial charge in [0.1, 0.15) is 19.8 Å². The highest BCUT2D eigenvalue weighted by Gasteiger charge is 2.01. The molecule has 7 heavy (non-hydrogen) atoms. The maximum Gasteiger partial charge on any atom is 0.142 e. The van der Waals surface area contributed by atoms with Crippen LogP contribution in [-0.2, 0) is 0 Å². The summed E-state index contributed by atoms with van der Waals surface area (Å²) in [4.78, 5) is 0. The van der Waals surface area contributed by atoms with Gasteiger partial charge in [-0.1, -0.05) is 0 Å². The summed E-state index contributed by atoms with van der Waals surface area (Å²) in [6.45, 7) is 1.26. The third-order valence-electron chi connectivity index (χ3n) is 1.16. The molecule has 0 bridgehead atoms. The van der Waals surface area contributed by atoms with E-state index in [9.17, 15) is 0 Å². The fraction of sp³-hybridized carbons (Fsp3) is 0.800. The molecule has 0 aliphatic carbocycles. The molecule has 42 valence electrons. The summed E-state index contributed by atoms with van der Waals surface area (Å²) in [6, 6.07) is 0. The van der Waals surface area contributed by atoms with Crippen molar-refractivity contribution in [1.29, 1.82) is 0 Å². The summed E-state index contributed by atoms with van der Waals surface area (Å²) in [5.74, 6) is 0. The summed E-state index contributed by atoms with van der Waals surface area (Å²) < 4.78 is 2.24. The average Bonchev–Trinajstić information content (AvgIpc) is 1.86. The minimum atomic E-state index is 0. The monoisotopic (exact) mass is 163 g/mol. The standard InChI is InChI=1S/C5H10N.BrH/c1-6-4-2-3-5-6;/h4H,2-3,5H2,1H3;1H/q+1;/p-1. The van der Waals surface area contributed by atoms with Gasteiger partial charge >= 0.3 is 0 Å². The molecule has 0 aromatic rings. The van der Waals surface area contributed by atoms with Gasteiger partial charge in [-0.3, -0.25) is 0 Å². The second-order valence-electron chi connectivity index (χ2n) is 1.81. The van der Waals surface area contributed by atoms with Gasteiger partial charge in [0.2, 0.25) is 0 Å². The van der Waals surface area contributed by atoms with Crippen LogP contribution in [0.1, 0.15) is 12.8 Å². The first-order valence-electron chi connectivity index (χ1n) is 2.43. The Morgan fingerprint density at radius 1 is 1.57 bits per heavy atom. The van der Waals surface area contributed by atoms with Gasteiger partial charge in [-0.2, -0.15) is 0 Å². The molecule has 0 fully saturated rings. The number of hydrogen-bond donors (Lipinski definition) is 0. The minimum absolute atomic E-state index is 0. The molecule has 0 saturated heterocycles. The van der Waals surface area contributed by atoms with Crippen LogP contribution in [0.5, 0.6) is 0 Å². The van der Waals surface area contributed by atoms with Gasteiger partial charge in [0.25, 0.3) is 0 Å². The van der Waals surface area contributed by atoms with Gasteiger partial charge in [0.05, 0.1) is 0 Å². The van der Waals surface area contributed by atoms with E-state index in [0.717, 1.165) is 0 Å². The van der Waals surface area contributed by atoms with Crippen LogP contribution in [-0.4, -0.2) is 24.4 Å². The van der Waals surface area contributed by atoms with Gasteiger partial charge in [-0.15, -0.1) is 0 Å². The average molecular weight is 164 g/mol. The molecule has 0 saturated carbocycles. The van der Waals surface area contributed by atoms with Gasteiger partial charge in [-0.05, 0) is 0 Å². The van der Waals surface area contributed by atoms with Crippen molar-refractivity contribution in [3.63, 3.8) is 0 Å². The predicted molar refractivity (Wildman–Crippen MR) is 26.3 cm³/mol. The van der Waals surface area contributed by atoms with Crippen molar-refractivity contribution in [2.24, 2.45) is 0 Å². The molecule has 0 radical (unpaired) electrons. The van der Waals surface area contributed by atoms with Crippen molar-refractivity contribution >= 4 is 6.21 Å². The Labute approximate surface area is 54.8 Å². The van der Waals surface area contributed by atoms with Crippen molar-refractivity contribution in [3.05, 3.63) is 0 Å². The molecule has 1 rings (SSSR count). The van der Waals surface area contributed by atoms with Crippen LogP contribution in [0.3, 0.4) is 0 Å². The Kier molecular flexibility index (Phi) is 3.26. The zero-order valence-corrected chi connectivity index (χ0v) is 6.11. The van der Waals surface area contributed by atoms with Crippen LogP contribution in [0.2, 0.25) is 0 Å². The minimum Gasteiger partial charge on any atom is -1.00 e. The molecule has 0 spiro atoms. The zero-order chi connectivity index (χ0) is 4.41. The lowest BCUT2D eigenvalue weighted by atomic mass is 10.4. The van der Waals surface area contributed by atoms with E-state index in [1.54, 1.807) is 0 Å². The van der Waals surface area contributed by atoms with E-state index in [1.165, 1.54) is 19.4 Å². The van der Waals surface area contributed by atoms with E-state index in [2.05, 4.69) is 17.8 Å². The number of nitrogens with zero attached hydrogens (tertiary/aromatic N) is 1. The molecule has 0 unspecified atom stereocenters. The lowest BCUT2D eigenvalue weighted by Crippen LogP contribution is -3.00. The second-order valence-corrected chi connectivity index (χ2v) is 1.81. The molecule has 0 aromatic carbocycles. The first-order chi connectivity index (χ1) is 2.89. The van der Waals surface area contributed by atoms with Crippen LogP contribution in [0.4, 0.5) is 0 Å². The topological polar surface area (TPSA) is 3.01 Å². The first kappa shape index (κ1) is 7.15. The zero-order valence-electron chi connectivity index (χ0n) is 4.52. The molecule has 1 aliphatic rings. The molecule has 1 nitrogen and oxygen atoms in total. The molecule has 0 atom stereocenters. The maximum atomic E-state index is 2.24. The number of rotatable bonds is 0. The summed E-state index contributed by atoms with van der Waals surface area (Å²) in [6.07, 6.45) is 4.88. The maximum absolute atomic E-state index is 2.24. The molecule has 2 heteroatoms. The van der Waals surface area contributed by atoms with Crippen molar-refractivity contribution in [1.82, 2.24) is 0 Å². The van der Waals surface area contributed by atoms with Crippen molar-refractivity contribution in [3.8, 4) is 0 Å². The van der Waals surface area contributed by atoms with Crippen LogP contribution in [0.15, 0.2) is 0 Å². The van der Waals surface area contributed by atoms with Gasteiger partial charge in [-0.25, -0.2) is 4.58 Å². The van der Waals surface area contributed by atoms with E-state index in [-0.39, 0.29) is 17.0 Å². The largest absolute Gasteiger partial charge is 1.00 e. The lowest BCUT2D eigenvalue weighted by molar-refractivity contribution is -0.484. The first-order valence-corrected chi connectivity index (χ1v) is 2.43. The fourth-order valence-corrected chi connectivity index (χ4v) is 0.744. The molecular formula is C5H10BrN. The highest BCUT2D eigenvalue weighted by Crippen LogP contribution is 1.91. The van der Waals surface area contributed by atoms with E-state index in [1.807, 2.05) is 0 Å². The summed E-state index contributed by atoms with van der Waals surface area (Å²) >= 11 is 0. The normalized spacial score (nSPS) is 18.1. The van der Waals surface area contributed by atoms with E-state index in [4.69, 9.17) is 0 Å². The Hall–Kier alpha value is 0.150. The van der Waals surface area contributed by atoms with Crippen LogP contribution < -0.4 is 17.0 Å². The molecule has 0 amide bonds. The van der Waals surface area contributed by atoms with Crippen LogP contribution in [0, 0.1) is 0 Å². The highest BCUT2D eigenvalue weighted by molar-refractivity contribution is 5.52. The van der Waals surface area contributed by atoms with Crippen LogP contribution in [0.25, 0.3) is 0 Å². The fourth-order valence-electron chi connectivity index (χ4n) is 0.744. The Bertz CT molecular complexity index is 78.1. The van der Waals surface area contributed by atoms with Gasteiger partial charge in [0, 0.05) is 12.8 Å². The SMILES string of the molecule is C[N+]1=CCCC1.[Br-]. The van der Waals surface area contributed by atoms with E-state index < -0.39 is 0 Å². The molecule has 1 aliphatic heterocycles. The Morgan fingerprint density at radius 2 is 2.29 bits per heavy atom. The van der Waals surface area contributed by atoms with Gasteiger partial charge < -0.3 is 17.0 Å². The van der Waals surface area contributed by atoms with Crippen molar-refractivity contribution in [2.45, 2.75) is 12.8 Å². The summed E-state index contributed by atoms with van der Waals surface area (Å²) in [7, 11) is 2.12. The molecule has 1 heterocycles. The summed E-state index contributed by atoms with van der Waals surface area (Å²) in [5, 5.41) is 0. The third kappa shape index (κ3) is 2.07. The lowest BCUT2D eigenvalue weighted by Gasteiger charge is -1.77. The van der Waals surface area contributed by atoms with E-state index >= 15 is 0 Å². The highest BCUT2D eigenvalue weighted by atomic mass is 79.9. The van der Waals surface area contributed by atoms with Crippen molar-refractivity contribution < 1.29 is 21.6 Å². The molecular weight excluding hydrogens is 154 g/mol. The third-order valence-corrected chi connectivity index (χ3v) is 1.16. The number of hydrogen-bond acceptors (Lipinski definition) is 0. The Morgan fingerprint density at radius 3 is 2.43 bits per heavy atom.